The molecule has 0 aromatic heterocycles. The van der Waals surface area contributed by atoms with Crippen LogP contribution >= 0.6 is 0 Å². The third-order valence-electron chi connectivity index (χ3n) is 3.40. The molecule has 1 aromatic rings. The lowest BCUT2D eigenvalue weighted by Crippen LogP contribution is -2.26. The molecule has 0 bridgehead atoms. The smallest absolute Gasteiger partial charge is 0.263 e. The molecule has 0 saturated carbocycles. The van der Waals surface area contributed by atoms with Crippen molar-refractivity contribution in [2.75, 3.05) is 0 Å². The van der Waals surface area contributed by atoms with Crippen LogP contribution in [-0.4, -0.2) is 27.1 Å². The first-order valence-electron chi connectivity index (χ1n) is 7.33. The van der Waals surface area contributed by atoms with Gasteiger partial charge in [-0.1, -0.05) is 58.8 Å². The molecule has 0 saturated heterocycles. The summed E-state index contributed by atoms with van der Waals surface area (Å²) < 4.78 is 59.1. The number of nitrogens with zero attached hydrogens (tertiary/aromatic N) is 6. The average molecular weight is 424 g/mol. The number of benzene rings is 1. The zero-order chi connectivity index (χ0) is 20.8. The lowest BCUT2D eigenvalue weighted by Gasteiger charge is -2.24. The zero-order valence-electron chi connectivity index (χ0n) is 13.9. The Kier molecular flexibility index (Phi) is 6.26. The molecule has 1 aliphatic carbocycles. The van der Waals surface area contributed by atoms with E-state index in [0.29, 0.717) is 5.56 Å². The van der Waals surface area contributed by atoms with E-state index in [4.69, 9.17) is 15.6 Å². The molecule has 14 heteroatoms. The van der Waals surface area contributed by atoms with Gasteiger partial charge in [-0.15, -0.1) is 3.63 Å². The number of hydrogen-bond acceptors (Lipinski definition) is 7. The van der Waals surface area contributed by atoms with Crippen LogP contribution in [0.15, 0.2) is 69.3 Å². The van der Waals surface area contributed by atoms with Crippen molar-refractivity contribution in [3.63, 3.8) is 0 Å². The van der Waals surface area contributed by atoms with E-state index in [-0.39, 0.29) is 12.0 Å². The summed E-state index contributed by atoms with van der Waals surface area (Å²) in [5.41, 5.74) is 16.1. The van der Waals surface area contributed by atoms with Crippen LogP contribution < -0.4 is 0 Å². The van der Waals surface area contributed by atoms with Gasteiger partial charge in [0.15, 0.2) is 0 Å². The van der Waals surface area contributed by atoms with Crippen LogP contribution in [0.25, 0.3) is 27.0 Å². The molecule has 1 aromatic carbocycles. The minimum atomic E-state index is -5.37. The molecule has 12 nitrogen and oxygen atoms in total. The monoisotopic (exact) mass is 424 g/mol. The zero-order valence-corrected chi connectivity index (χ0v) is 15.5. The van der Waals surface area contributed by atoms with Crippen LogP contribution in [0.4, 0.5) is 0 Å². The molecule has 0 heterocycles. The van der Waals surface area contributed by atoms with Gasteiger partial charge in [-0.3, -0.25) is 4.55 Å². The van der Waals surface area contributed by atoms with E-state index >= 15 is 0 Å². The van der Waals surface area contributed by atoms with Crippen molar-refractivity contribution in [3.8, 4) is 0 Å². The Balaban J connectivity index is 2.60. The Labute approximate surface area is 159 Å². The largest absolute Gasteiger partial charge is 0.412 e. The van der Waals surface area contributed by atoms with Gasteiger partial charge in [0.25, 0.3) is 0 Å². The van der Waals surface area contributed by atoms with Gasteiger partial charge in [-0.25, -0.2) is 0 Å². The Morgan fingerprint density at radius 3 is 2.21 bits per heavy atom. The van der Waals surface area contributed by atoms with Crippen molar-refractivity contribution < 1.29 is 25.0 Å². The summed E-state index contributed by atoms with van der Waals surface area (Å²) in [5, 5.41) is 6.60. The van der Waals surface area contributed by atoms with Gasteiger partial charge in [0.1, 0.15) is 5.66 Å². The fraction of sp³-hybridized carbons (Fsp3) is 0.143. The van der Waals surface area contributed by atoms with E-state index in [1.165, 1.54) is 18.2 Å². The van der Waals surface area contributed by atoms with Crippen LogP contribution in [0.2, 0.25) is 0 Å². The Morgan fingerprint density at radius 1 is 1.07 bits per heavy atom. The van der Waals surface area contributed by atoms with E-state index in [1.807, 2.05) is 0 Å². The van der Waals surface area contributed by atoms with Crippen LogP contribution in [0.3, 0.4) is 0 Å². The van der Waals surface area contributed by atoms with Crippen LogP contribution in [0.1, 0.15) is 12.0 Å². The fourth-order valence-electron chi connectivity index (χ4n) is 2.29. The Morgan fingerprint density at radius 2 is 1.68 bits per heavy atom. The van der Waals surface area contributed by atoms with Gasteiger partial charge >= 0.3 is 20.5 Å². The molecule has 1 N–H and O–H groups in total. The number of hydrogen-bond donors (Lipinski definition) is 1. The average Bonchev–Trinajstić information content (AvgIpc) is 2.60. The normalized spacial score (nSPS) is 19.9. The highest BCUT2D eigenvalue weighted by molar-refractivity contribution is 8.00. The maximum atomic E-state index is 12.3. The SMILES string of the molecule is [N-]=[N+]=NC1(N=[N+]=[N-])C=C(S(=O)(=O)OS(=O)(=O)O)C(C=Cc2ccccc2)=CC1. The molecule has 2 rings (SSSR count). The highest BCUT2D eigenvalue weighted by Gasteiger charge is 2.36. The Bertz CT molecular complexity index is 1140. The summed E-state index contributed by atoms with van der Waals surface area (Å²) in [6.07, 6.45) is 4.72. The quantitative estimate of drug-likeness (QED) is 0.301. The van der Waals surface area contributed by atoms with Gasteiger partial charge in [0.2, 0.25) is 0 Å². The molecule has 146 valence electrons. The summed E-state index contributed by atoms with van der Waals surface area (Å²) >= 11 is 0. The van der Waals surface area contributed by atoms with Crippen molar-refractivity contribution in [2.45, 2.75) is 12.1 Å². The standard InChI is InChI=1S/C14H12N6O6S2/c15-19-17-14(18-20-16)9-8-12(7-6-11-4-2-1-3-5-11)13(10-14)27(21,22)26-28(23,24)25/h1-8,10H,9H2,(H,23,24,25). The first kappa shape index (κ1) is 21.2. The van der Waals surface area contributed by atoms with E-state index in [9.17, 15) is 16.8 Å². The summed E-state index contributed by atoms with van der Waals surface area (Å²) in [6, 6.07) is 8.74. The van der Waals surface area contributed by atoms with Crippen molar-refractivity contribution >= 4 is 26.6 Å². The summed E-state index contributed by atoms with van der Waals surface area (Å²) in [7, 11) is -10.4. The second kappa shape index (κ2) is 8.27. The maximum Gasteiger partial charge on any atom is 0.412 e. The lowest BCUT2D eigenvalue weighted by molar-refractivity contribution is 0.385. The van der Waals surface area contributed by atoms with E-state index in [0.717, 1.165) is 6.08 Å². The molecule has 0 atom stereocenters. The lowest BCUT2D eigenvalue weighted by atomic mass is 9.97. The van der Waals surface area contributed by atoms with Gasteiger partial charge < -0.3 is 0 Å². The van der Waals surface area contributed by atoms with E-state index in [2.05, 4.69) is 23.7 Å². The minimum absolute atomic E-state index is 0.0237. The first-order valence-corrected chi connectivity index (χ1v) is 10.1. The van der Waals surface area contributed by atoms with Gasteiger partial charge in [0, 0.05) is 9.82 Å². The van der Waals surface area contributed by atoms with Crippen LogP contribution in [0, 0.1) is 0 Å². The summed E-state index contributed by atoms with van der Waals surface area (Å²) in [6.45, 7) is 0. The number of rotatable bonds is 7. The number of azide groups is 1. The van der Waals surface area contributed by atoms with Crippen molar-refractivity contribution in [2.24, 2.45) is 10.2 Å². The predicted molar refractivity (Wildman–Crippen MR) is 98.8 cm³/mol. The molecular weight excluding hydrogens is 412 g/mol. The second-order valence-electron chi connectivity index (χ2n) is 5.32. The molecule has 0 amide bonds. The van der Waals surface area contributed by atoms with E-state index < -0.39 is 31.1 Å². The van der Waals surface area contributed by atoms with Gasteiger partial charge in [-0.2, -0.15) is 16.8 Å². The summed E-state index contributed by atoms with van der Waals surface area (Å²) in [5.74, 6) is 0. The topological polar surface area (TPSA) is 195 Å². The first-order chi connectivity index (χ1) is 13.1. The Hall–Kier alpha value is -3.12. The van der Waals surface area contributed by atoms with Crippen molar-refractivity contribution in [1.82, 2.24) is 0 Å². The van der Waals surface area contributed by atoms with Crippen LogP contribution in [-0.2, 0) is 24.1 Å². The molecule has 28 heavy (non-hydrogen) atoms. The molecule has 0 radical (unpaired) electrons. The summed E-state index contributed by atoms with van der Waals surface area (Å²) in [4.78, 5) is 4.29. The maximum absolute atomic E-state index is 12.3. The van der Waals surface area contributed by atoms with Crippen LogP contribution in [0.5, 0.6) is 0 Å². The van der Waals surface area contributed by atoms with Crippen molar-refractivity contribution in [3.05, 3.63) is 85.5 Å². The minimum Gasteiger partial charge on any atom is -0.263 e. The highest BCUT2D eigenvalue weighted by Crippen LogP contribution is 2.35. The highest BCUT2D eigenvalue weighted by atomic mass is 32.3. The van der Waals surface area contributed by atoms with E-state index in [1.54, 1.807) is 30.3 Å². The third-order valence-corrected chi connectivity index (χ3v) is 5.70. The van der Waals surface area contributed by atoms with Gasteiger partial charge in [-0.05, 0) is 34.7 Å². The molecule has 0 unspecified atom stereocenters. The molecule has 0 aliphatic heterocycles. The van der Waals surface area contributed by atoms with Crippen molar-refractivity contribution in [1.29, 1.82) is 0 Å². The molecule has 0 fully saturated rings. The predicted octanol–water partition coefficient (Wildman–Crippen LogP) is 3.38. The second-order valence-corrected chi connectivity index (χ2v) is 8.07. The molecule has 1 aliphatic rings. The molecule has 0 spiro atoms. The third kappa shape index (κ3) is 5.44. The fourth-order valence-corrected chi connectivity index (χ4v) is 4.27. The van der Waals surface area contributed by atoms with Gasteiger partial charge in [0.05, 0.1) is 4.91 Å². The molecular formula is C14H12N6O6S2. The number of allylic oxidation sites excluding steroid dienone is 2.